The Kier molecular flexibility index (Phi) is 12.4. The molecule has 0 N–H and O–H groups in total. The van der Waals surface area contributed by atoms with Gasteiger partial charge in [0, 0.05) is 31.9 Å². The molecule has 0 aromatic rings. The molecule has 0 fully saturated rings. The highest BCUT2D eigenvalue weighted by Crippen LogP contribution is 2.21. The summed E-state index contributed by atoms with van der Waals surface area (Å²) in [5, 5.41) is 0. The summed E-state index contributed by atoms with van der Waals surface area (Å²) in [7, 11) is -2.70. The van der Waals surface area contributed by atoms with E-state index in [9.17, 15) is 4.79 Å². The number of carbonyl (C=O) groups is 1. The maximum absolute atomic E-state index is 11.2. The molecule has 0 saturated heterocycles. The predicted octanol–water partition coefficient (Wildman–Crippen LogP) is 3.71. The lowest BCUT2D eigenvalue weighted by Gasteiger charge is -2.30. The summed E-state index contributed by atoms with van der Waals surface area (Å²) in [5.41, 5.74) is 0. The van der Waals surface area contributed by atoms with Gasteiger partial charge < -0.3 is 18.0 Å². The molecule has 0 aliphatic carbocycles. The van der Waals surface area contributed by atoms with Crippen LogP contribution < -0.4 is 0 Å². The van der Waals surface area contributed by atoms with Crippen LogP contribution in [0.1, 0.15) is 53.4 Å². The van der Waals surface area contributed by atoms with Gasteiger partial charge in [-0.1, -0.05) is 27.4 Å². The van der Waals surface area contributed by atoms with Crippen molar-refractivity contribution in [2.75, 3.05) is 19.8 Å². The minimum absolute atomic E-state index is 0.210. The van der Waals surface area contributed by atoms with Crippen LogP contribution >= 0.6 is 0 Å². The molecule has 0 aromatic carbocycles. The molecule has 0 aliphatic rings. The van der Waals surface area contributed by atoms with E-state index < -0.39 is 14.8 Å². The zero-order valence-electron chi connectivity index (χ0n) is 14.6. The smallest absolute Gasteiger partial charge is 0.460 e. The van der Waals surface area contributed by atoms with Gasteiger partial charge >= 0.3 is 14.8 Å². The van der Waals surface area contributed by atoms with E-state index in [1.807, 2.05) is 6.92 Å². The third kappa shape index (κ3) is 9.35. The number of ether oxygens (including phenoxy) is 1. The highest BCUT2D eigenvalue weighted by atomic mass is 28.4. The van der Waals surface area contributed by atoms with Gasteiger partial charge in [0.05, 0.1) is 6.10 Å². The fourth-order valence-corrected chi connectivity index (χ4v) is 4.79. The molecule has 0 aromatic heterocycles. The van der Waals surface area contributed by atoms with Crippen LogP contribution in [0.25, 0.3) is 0 Å². The summed E-state index contributed by atoms with van der Waals surface area (Å²) in [6, 6.07) is 0.651. The van der Waals surface area contributed by atoms with Gasteiger partial charge in [0.25, 0.3) is 0 Å². The molecule has 0 heterocycles. The Balaban J connectivity index is 4.69. The molecule has 22 heavy (non-hydrogen) atoms. The van der Waals surface area contributed by atoms with Crippen molar-refractivity contribution in [1.82, 2.24) is 0 Å². The second kappa shape index (κ2) is 12.8. The zero-order chi connectivity index (χ0) is 16.8. The first-order valence-electron chi connectivity index (χ1n) is 8.28. The van der Waals surface area contributed by atoms with Crippen LogP contribution in [0.4, 0.5) is 0 Å². The van der Waals surface area contributed by atoms with Crippen molar-refractivity contribution >= 4 is 14.8 Å². The van der Waals surface area contributed by atoms with Crippen molar-refractivity contribution in [3.8, 4) is 0 Å². The summed E-state index contributed by atoms with van der Waals surface area (Å²) in [4.78, 5) is 11.2. The Labute approximate surface area is 136 Å². The Hall–Kier alpha value is -0.693. The lowest BCUT2D eigenvalue weighted by molar-refractivity contribution is -0.142. The summed E-state index contributed by atoms with van der Waals surface area (Å²) >= 11 is 0. The fourth-order valence-electron chi connectivity index (χ4n) is 1.80. The van der Waals surface area contributed by atoms with Gasteiger partial charge in [0.2, 0.25) is 0 Å². The second-order valence-corrected chi connectivity index (χ2v) is 7.95. The van der Waals surface area contributed by atoms with E-state index in [4.69, 9.17) is 18.0 Å². The monoisotopic (exact) mass is 332 g/mol. The molecule has 0 radical (unpaired) electrons. The lowest BCUT2D eigenvalue weighted by atomic mass is 10.3. The average Bonchev–Trinajstić information content (AvgIpc) is 2.53. The molecule has 1 atom stereocenters. The van der Waals surface area contributed by atoms with E-state index in [1.54, 1.807) is 0 Å². The first kappa shape index (κ1) is 21.3. The third-order valence-corrected chi connectivity index (χ3v) is 5.75. The quantitative estimate of drug-likeness (QED) is 0.276. The minimum Gasteiger partial charge on any atom is -0.460 e. The molecule has 1 unspecified atom stereocenters. The number of carbonyl (C=O) groups excluding carboxylic acids is 1. The first-order chi connectivity index (χ1) is 10.5. The molecule has 130 valence electrons. The van der Waals surface area contributed by atoms with E-state index in [0.29, 0.717) is 32.3 Å². The lowest BCUT2D eigenvalue weighted by Crippen LogP contribution is -2.47. The van der Waals surface area contributed by atoms with Crippen molar-refractivity contribution in [3.63, 3.8) is 0 Å². The van der Waals surface area contributed by atoms with E-state index >= 15 is 0 Å². The minimum atomic E-state index is -2.70. The van der Waals surface area contributed by atoms with Gasteiger partial charge in [-0.25, -0.2) is 4.79 Å². The van der Waals surface area contributed by atoms with Crippen LogP contribution in [0.5, 0.6) is 0 Å². The molecule has 6 heteroatoms. The SMILES string of the molecule is C=CC(=O)OC(C)CC[Si](OCCC)(OCCC)OCCC. The standard InChI is InChI=1S/C16H32O5Si/c1-6-11-18-22(19-12-7-2,20-13-8-3)14-10-15(5)21-16(17)9-4/h9,15H,4,6-8,10-14H2,1-3,5H3. The summed E-state index contributed by atoms with van der Waals surface area (Å²) in [5.74, 6) is -0.404. The largest absolute Gasteiger partial charge is 0.501 e. The second-order valence-electron chi connectivity index (χ2n) is 5.22. The van der Waals surface area contributed by atoms with Crippen molar-refractivity contribution in [1.29, 1.82) is 0 Å². The van der Waals surface area contributed by atoms with Gasteiger partial charge in [-0.2, -0.15) is 0 Å². The number of rotatable bonds is 14. The topological polar surface area (TPSA) is 54.0 Å². The zero-order valence-corrected chi connectivity index (χ0v) is 15.6. The van der Waals surface area contributed by atoms with E-state index in [-0.39, 0.29) is 6.10 Å². The molecule has 0 spiro atoms. The number of hydrogen-bond acceptors (Lipinski definition) is 5. The van der Waals surface area contributed by atoms with Gasteiger partial charge in [-0.3, -0.25) is 0 Å². The Morgan fingerprint density at radius 2 is 1.50 bits per heavy atom. The fraction of sp³-hybridized carbons (Fsp3) is 0.812. The summed E-state index contributed by atoms with van der Waals surface area (Å²) in [6.07, 6.45) is 4.37. The van der Waals surface area contributed by atoms with Crippen LogP contribution in [-0.4, -0.2) is 40.7 Å². The van der Waals surface area contributed by atoms with Crippen molar-refractivity contribution in [2.45, 2.75) is 65.5 Å². The van der Waals surface area contributed by atoms with Crippen LogP contribution in [0.3, 0.4) is 0 Å². The van der Waals surface area contributed by atoms with Gasteiger partial charge in [-0.05, 0) is 32.6 Å². The Morgan fingerprint density at radius 3 is 1.86 bits per heavy atom. The Bertz CT molecular complexity index is 287. The molecule has 0 saturated carbocycles. The summed E-state index contributed by atoms with van der Waals surface area (Å²) in [6.45, 7) is 13.3. The average molecular weight is 333 g/mol. The molecule has 5 nitrogen and oxygen atoms in total. The normalized spacial score (nSPS) is 12.9. The molecule has 0 rings (SSSR count). The van der Waals surface area contributed by atoms with E-state index in [0.717, 1.165) is 19.3 Å². The highest BCUT2D eigenvalue weighted by Gasteiger charge is 2.41. The predicted molar refractivity (Wildman–Crippen MR) is 89.7 cm³/mol. The van der Waals surface area contributed by atoms with Gasteiger partial charge in [-0.15, -0.1) is 0 Å². The molecule has 0 bridgehead atoms. The van der Waals surface area contributed by atoms with Crippen molar-refractivity contribution in [2.24, 2.45) is 0 Å². The molecular formula is C16H32O5Si. The van der Waals surface area contributed by atoms with Crippen molar-refractivity contribution < 1.29 is 22.8 Å². The highest BCUT2D eigenvalue weighted by molar-refractivity contribution is 6.60. The molecule has 0 amide bonds. The van der Waals surface area contributed by atoms with E-state index in [2.05, 4.69) is 27.4 Å². The van der Waals surface area contributed by atoms with Crippen LogP contribution in [-0.2, 0) is 22.8 Å². The summed E-state index contributed by atoms with van der Waals surface area (Å²) < 4.78 is 23.2. The first-order valence-corrected chi connectivity index (χ1v) is 10.2. The van der Waals surface area contributed by atoms with Crippen LogP contribution in [0, 0.1) is 0 Å². The number of esters is 1. The van der Waals surface area contributed by atoms with Crippen LogP contribution in [0.2, 0.25) is 6.04 Å². The van der Waals surface area contributed by atoms with Crippen molar-refractivity contribution in [3.05, 3.63) is 12.7 Å². The Morgan fingerprint density at radius 1 is 1.05 bits per heavy atom. The molecular weight excluding hydrogens is 300 g/mol. The maximum atomic E-state index is 11.2. The van der Waals surface area contributed by atoms with E-state index in [1.165, 1.54) is 6.08 Å². The van der Waals surface area contributed by atoms with Gasteiger partial charge in [0.1, 0.15) is 0 Å². The molecule has 0 aliphatic heterocycles. The van der Waals surface area contributed by atoms with Crippen LogP contribution in [0.15, 0.2) is 12.7 Å². The number of hydrogen-bond donors (Lipinski definition) is 0. The maximum Gasteiger partial charge on any atom is 0.501 e. The third-order valence-electron chi connectivity index (χ3n) is 2.92. The van der Waals surface area contributed by atoms with Gasteiger partial charge in [0.15, 0.2) is 0 Å².